The zero-order valence-electron chi connectivity index (χ0n) is 15.0. The van der Waals surface area contributed by atoms with Crippen molar-refractivity contribution in [2.24, 2.45) is 0 Å². The van der Waals surface area contributed by atoms with Gasteiger partial charge in [-0.2, -0.15) is 0 Å². The minimum atomic E-state index is 0.255. The van der Waals surface area contributed by atoms with Gasteiger partial charge in [0, 0.05) is 40.5 Å². The Labute approximate surface area is 158 Å². The maximum Gasteiger partial charge on any atom is 0.255 e. The van der Waals surface area contributed by atoms with Crippen molar-refractivity contribution in [2.75, 3.05) is 13.1 Å². The molecule has 1 aliphatic heterocycles. The fourth-order valence-electron chi connectivity index (χ4n) is 4.57. The summed E-state index contributed by atoms with van der Waals surface area (Å²) >= 11 is 1.79. The number of rotatable bonds is 2. The van der Waals surface area contributed by atoms with E-state index in [9.17, 15) is 4.79 Å². The second kappa shape index (κ2) is 6.58. The van der Waals surface area contributed by atoms with Crippen LogP contribution in [0.4, 0.5) is 0 Å². The first-order chi connectivity index (χ1) is 12.8. The van der Waals surface area contributed by atoms with E-state index in [0.717, 1.165) is 44.3 Å². The molecule has 0 radical (unpaired) electrons. The van der Waals surface area contributed by atoms with Crippen LogP contribution >= 0.6 is 11.3 Å². The Morgan fingerprint density at radius 2 is 2.04 bits per heavy atom. The molecule has 0 bridgehead atoms. The minimum absolute atomic E-state index is 0.255. The number of aromatic nitrogens is 1. The van der Waals surface area contributed by atoms with Gasteiger partial charge in [0.05, 0.1) is 5.56 Å². The van der Waals surface area contributed by atoms with Gasteiger partial charge in [-0.3, -0.25) is 4.79 Å². The monoisotopic (exact) mass is 364 g/mol. The third kappa shape index (κ3) is 2.77. The number of likely N-dealkylation sites (tertiary alicyclic amines) is 1. The number of carbonyl (C=O) groups excluding carboxylic acids is 1. The Bertz CT molecular complexity index is 921. The number of fused-ring (bicyclic) bond motifs is 2. The Morgan fingerprint density at radius 3 is 2.96 bits per heavy atom. The van der Waals surface area contributed by atoms with Gasteiger partial charge in [0.25, 0.3) is 5.91 Å². The molecule has 1 saturated heterocycles. The number of carbonyl (C=O) groups is 1. The fraction of sp³-hybridized carbons (Fsp3) is 0.409. The number of aryl methyl sites for hydroxylation is 1. The lowest BCUT2D eigenvalue weighted by molar-refractivity contribution is 0.0705. The Morgan fingerprint density at radius 1 is 1.15 bits per heavy atom. The molecule has 4 heteroatoms. The molecule has 1 fully saturated rings. The maximum atomic E-state index is 13.2. The number of hydrogen-bond donors (Lipinski definition) is 1. The average molecular weight is 365 g/mol. The van der Waals surface area contributed by atoms with Crippen LogP contribution in [0.15, 0.2) is 35.7 Å². The van der Waals surface area contributed by atoms with Crippen LogP contribution in [0, 0.1) is 0 Å². The molecule has 3 aromatic rings. The topological polar surface area (TPSA) is 36.1 Å². The van der Waals surface area contributed by atoms with E-state index in [2.05, 4.69) is 45.6 Å². The van der Waals surface area contributed by atoms with Crippen molar-refractivity contribution in [3.8, 4) is 0 Å². The van der Waals surface area contributed by atoms with Crippen LogP contribution in [0.25, 0.3) is 10.9 Å². The molecule has 134 valence electrons. The number of H-pyrrole nitrogens is 1. The molecule has 1 aliphatic carbocycles. The van der Waals surface area contributed by atoms with Crippen molar-refractivity contribution < 1.29 is 4.79 Å². The SMILES string of the molecule is O=C(c1csc2c1CCCC2)N1CCC[C@H](c2cc3ccccc3[nH]2)C1. The number of thiophene rings is 1. The fourth-order valence-corrected chi connectivity index (χ4v) is 5.69. The second-order valence-electron chi connectivity index (χ2n) is 7.66. The first-order valence-corrected chi connectivity index (χ1v) is 10.6. The summed E-state index contributed by atoms with van der Waals surface area (Å²) in [6, 6.07) is 10.7. The van der Waals surface area contributed by atoms with Crippen LogP contribution in [0.2, 0.25) is 0 Å². The lowest BCUT2D eigenvalue weighted by atomic mass is 9.92. The molecule has 0 spiro atoms. The van der Waals surface area contributed by atoms with E-state index in [-0.39, 0.29) is 5.91 Å². The van der Waals surface area contributed by atoms with Gasteiger partial charge >= 0.3 is 0 Å². The quantitative estimate of drug-likeness (QED) is 0.672. The van der Waals surface area contributed by atoms with E-state index >= 15 is 0 Å². The van der Waals surface area contributed by atoms with Gasteiger partial charge < -0.3 is 9.88 Å². The summed E-state index contributed by atoms with van der Waals surface area (Å²) in [7, 11) is 0. The largest absolute Gasteiger partial charge is 0.358 e. The molecule has 26 heavy (non-hydrogen) atoms. The molecule has 1 aromatic carbocycles. The summed E-state index contributed by atoms with van der Waals surface area (Å²) in [6.45, 7) is 1.72. The summed E-state index contributed by atoms with van der Waals surface area (Å²) < 4.78 is 0. The molecule has 1 amide bonds. The van der Waals surface area contributed by atoms with E-state index in [1.54, 1.807) is 11.3 Å². The van der Waals surface area contributed by atoms with Crippen LogP contribution in [-0.2, 0) is 12.8 Å². The van der Waals surface area contributed by atoms with Gasteiger partial charge in [-0.25, -0.2) is 0 Å². The summed E-state index contributed by atoms with van der Waals surface area (Å²) in [5.74, 6) is 0.666. The van der Waals surface area contributed by atoms with Crippen molar-refractivity contribution >= 4 is 28.1 Å². The summed E-state index contributed by atoms with van der Waals surface area (Å²) in [6.07, 6.45) is 6.97. The number of nitrogens with one attached hydrogen (secondary N) is 1. The van der Waals surface area contributed by atoms with Crippen molar-refractivity contribution in [1.82, 2.24) is 9.88 Å². The molecule has 2 aliphatic rings. The number of para-hydroxylation sites is 1. The minimum Gasteiger partial charge on any atom is -0.358 e. The van der Waals surface area contributed by atoms with Crippen molar-refractivity contribution in [2.45, 2.75) is 44.4 Å². The predicted octanol–water partition coefficient (Wildman–Crippen LogP) is 5.13. The van der Waals surface area contributed by atoms with Crippen LogP contribution in [0.3, 0.4) is 0 Å². The maximum absolute atomic E-state index is 13.2. The summed E-state index contributed by atoms with van der Waals surface area (Å²) in [4.78, 5) is 20.3. The van der Waals surface area contributed by atoms with E-state index in [4.69, 9.17) is 0 Å². The highest BCUT2D eigenvalue weighted by Gasteiger charge is 2.29. The molecular formula is C22H24N2OS. The molecule has 0 saturated carbocycles. The molecule has 1 N–H and O–H groups in total. The third-order valence-corrected chi connectivity index (χ3v) is 7.08. The third-order valence-electron chi connectivity index (χ3n) is 5.99. The average Bonchev–Trinajstić information content (AvgIpc) is 3.32. The molecule has 1 atom stereocenters. The molecule has 3 heterocycles. The zero-order chi connectivity index (χ0) is 17.5. The molecular weight excluding hydrogens is 340 g/mol. The molecule has 2 aromatic heterocycles. The second-order valence-corrected chi connectivity index (χ2v) is 8.62. The standard InChI is InChI=1S/C22H24N2OS/c25-22(18-14-26-21-10-4-2-8-17(18)21)24-11-5-7-16(13-24)20-12-15-6-1-3-9-19(15)23-20/h1,3,6,9,12,14,16,23H,2,4-5,7-8,10-11,13H2/t16-/m0/s1. The molecule has 5 rings (SSSR count). The van der Waals surface area contributed by atoms with Gasteiger partial charge in [-0.05, 0) is 61.6 Å². The Balaban J connectivity index is 1.38. The predicted molar refractivity (Wildman–Crippen MR) is 107 cm³/mol. The Hall–Kier alpha value is -2.07. The highest BCUT2D eigenvalue weighted by atomic mass is 32.1. The number of amides is 1. The number of benzene rings is 1. The van der Waals surface area contributed by atoms with Crippen LogP contribution in [0.5, 0.6) is 0 Å². The van der Waals surface area contributed by atoms with Gasteiger partial charge in [0.1, 0.15) is 0 Å². The summed E-state index contributed by atoms with van der Waals surface area (Å²) in [5.41, 5.74) is 4.80. The van der Waals surface area contributed by atoms with E-state index in [0.29, 0.717) is 5.92 Å². The first kappa shape index (κ1) is 16.1. The van der Waals surface area contributed by atoms with E-state index in [1.165, 1.54) is 39.9 Å². The number of nitrogens with zero attached hydrogens (tertiary/aromatic N) is 1. The normalized spacial score (nSPS) is 20.3. The van der Waals surface area contributed by atoms with Gasteiger partial charge in [-0.15, -0.1) is 11.3 Å². The van der Waals surface area contributed by atoms with Crippen molar-refractivity contribution in [3.63, 3.8) is 0 Å². The first-order valence-electron chi connectivity index (χ1n) is 9.76. The summed E-state index contributed by atoms with van der Waals surface area (Å²) in [5, 5.41) is 3.38. The van der Waals surface area contributed by atoms with Crippen molar-refractivity contribution in [3.05, 3.63) is 57.4 Å². The van der Waals surface area contributed by atoms with Gasteiger partial charge in [0.2, 0.25) is 0 Å². The smallest absolute Gasteiger partial charge is 0.255 e. The number of hydrogen-bond acceptors (Lipinski definition) is 2. The van der Waals surface area contributed by atoms with Crippen LogP contribution in [-0.4, -0.2) is 28.9 Å². The van der Waals surface area contributed by atoms with E-state index in [1.807, 2.05) is 0 Å². The number of piperidine rings is 1. The lowest BCUT2D eigenvalue weighted by Crippen LogP contribution is -2.39. The van der Waals surface area contributed by atoms with Crippen molar-refractivity contribution in [1.29, 1.82) is 0 Å². The highest BCUT2D eigenvalue weighted by Crippen LogP contribution is 2.33. The van der Waals surface area contributed by atoms with Crippen LogP contribution in [0.1, 0.15) is 58.1 Å². The van der Waals surface area contributed by atoms with E-state index < -0.39 is 0 Å². The van der Waals surface area contributed by atoms with Gasteiger partial charge in [-0.1, -0.05) is 18.2 Å². The molecule has 3 nitrogen and oxygen atoms in total. The van der Waals surface area contributed by atoms with Crippen LogP contribution < -0.4 is 0 Å². The number of aromatic amines is 1. The zero-order valence-corrected chi connectivity index (χ0v) is 15.8. The Kier molecular flexibility index (Phi) is 4.08. The highest BCUT2D eigenvalue weighted by molar-refractivity contribution is 7.10. The lowest BCUT2D eigenvalue weighted by Gasteiger charge is -2.32. The molecule has 0 unspecified atom stereocenters. The van der Waals surface area contributed by atoms with Gasteiger partial charge in [0.15, 0.2) is 0 Å².